The van der Waals surface area contributed by atoms with E-state index in [0.717, 1.165) is 5.69 Å². The summed E-state index contributed by atoms with van der Waals surface area (Å²) in [5, 5.41) is 9.49. The number of nitrogens with two attached hydrogens (primary N) is 1. The number of aromatic hydroxyl groups is 1. The molecule has 0 aromatic carbocycles. The van der Waals surface area contributed by atoms with Gasteiger partial charge in [0, 0.05) is 11.4 Å². The van der Waals surface area contributed by atoms with Gasteiger partial charge in [-0.05, 0) is 0 Å². The molecule has 0 radical (unpaired) electrons. The average Bonchev–Trinajstić information content (AvgIpc) is 1.88. The molecule has 0 unspecified atom stereocenters. The van der Waals surface area contributed by atoms with E-state index in [4.69, 9.17) is 10.8 Å². The molecule has 0 aliphatic carbocycles. The van der Waals surface area contributed by atoms with Crippen LogP contribution in [0.3, 0.4) is 0 Å². The first-order valence-corrected chi connectivity index (χ1v) is 3.85. The lowest BCUT2D eigenvalue weighted by Crippen LogP contribution is -1.93. The highest BCUT2D eigenvalue weighted by molar-refractivity contribution is 9.08. The quantitative estimate of drug-likeness (QED) is 0.675. The van der Waals surface area contributed by atoms with Crippen LogP contribution in [0.1, 0.15) is 5.69 Å². The number of rotatable bonds is 1. The monoisotopic (exact) mass is 202 g/mol. The second-order valence-electron chi connectivity index (χ2n) is 1.86. The second kappa shape index (κ2) is 2.88. The topological polar surface area (TPSA) is 59.1 Å². The summed E-state index contributed by atoms with van der Waals surface area (Å²) in [5.41, 5.74) is 6.74. The maximum absolute atomic E-state index is 8.88. The van der Waals surface area contributed by atoms with Crippen LogP contribution in [0.15, 0.2) is 12.3 Å². The first-order valence-electron chi connectivity index (χ1n) is 2.73. The highest BCUT2D eigenvalue weighted by Gasteiger charge is 1.98. The van der Waals surface area contributed by atoms with Crippen molar-refractivity contribution in [2.75, 3.05) is 5.73 Å². The summed E-state index contributed by atoms with van der Waals surface area (Å²) in [6, 6.07) is 1.48. The molecule has 10 heavy (non-hydrogen) atoms. The molecule has 3 nitrogen and oxygen atoms in total. The Morgan fingerprint density at radius 2 is 2.40 bits per heavy atom. The van der Waals surface area contributed by atoms with Gasteiger partial charge in [-0.3, -0.25) is 4.98 Å². The summed E-state index contributed by atoms with van der Waals surface area (Å²) >= 11 is 3.21. The predicted octanol–water partition coefficient (Wildman–Crippen LogP) is 1.26. The lowest BCUT2D eigenvalue weighted by atomic mass is 10.3. The van der Waals surface area contributed by atoms with E-state index < -0.39 is 0 Å². The number of aromatic nitrogens is 1. The predicted molar refractivity (Wildman–Crippen MR) is 42.9 cm³/mol. The van der Waals surface area contributed by atoms with Crippen molar-refractivity contribution in [3.63, 3.8) is 0 Å². The van der Waals surface area contributed by atoms with Gasteiger partial charge in [0.15, 0.2) is 0 Å². The average molecular weight is 203 g/mol. The Balaban J connectivity index is 3.07. The van der Waals surface area contributed by atoms with Crippen molar-refractivity contribution in [1.29, 1.82) is 0 Å². The van der Waals surface area contributed by atoms with Crippen LogP contribution in [0.25, 0.3) is 0 Å². The SMILES string of the molecule is Nc1cc(O)cnc1CBr. The van der Waals surface area contributed by atoms with Gasteiger partial charge in [0.25, 0.3) is 0 Å². The molecule has 1 heterocycles. The summed E-state index contributed by atoms with van der Waals surface area (Å²) in [5.74, 6) is 0.0993. The van der Waals surface area contributed by atoms with Gasteiger partial charge < -0.3 is 10.8 Å². The minimum atomic E-state index is 0.0993. The molecule has 1 rings (SSSR count). The Morgan fingerprint density at radius 1 is 1.70 bits per heavy atom. The van der Waals surface area contributed by atoms with Crippen molar-refractivity contribution in [3.05, 3.63) is 18.0 Å². The van der Waals surface area contributed by atoms with E-state index in [-0.39, 0.29) is 5.75 Å². The van der Waals surface area contributed by atoms with Crippen molar-refractivity contribution in [3.8, 4) is 5.75 Å². The molecule has 54 valence electrons. The Bertz CT molecular complexity index is 239. The molecule has 0 spiro atoms. The normalized spacial score (nSPS) is 9.70. The fraction of sp³-hybridized carbons (Fsp3) is 0.167. The van der Waals surface area contributed by atoms with Crippen LogP contribution in [0.4, 0.5) is 5.69 Å². The van der Waals surface area contributed by atoms with Gasteiger partial charge in [-0.1, -0.05) is 15.9 Å². The van der Waals surface area contributed by atoms with Crippen molar-refractivity contribution in [2.24, 2.45) is 0 Å². The number of hydrogen-bond donors (Lipinski definition) is 2. The third-order valence-corrected chi connectivity index (χ3v) is 1.65. The molecule has 0 atom stereocenters. The summed E-state index contributed by atoms with van der Waals surface area (Å²) in [7, 11) is 0. The fourth-order valence-corrected chi connectivity index (χ4v) is 1.08. The summed E-state index contributed by atoms with van der Waals surface area (Å²) < 4.78 is 0. The maximum Gasteiger partial charge on any atom is 0.135 e. The number of anilines is 1. The van der Waals surface area contributed by atoms with Gasteiger partial charge in [0.05, 0.1) is 17.6 Å². The van der Waals surface area contributed by atoms with Crippen LogP contribution < -0.4 is 5.73 Å². The molecule has 1 aromatic rings. The zero-order chi connectivity index (χ0) is 7.56. The van der Waals surface area contributed by atoms with Crippen LogP contribution >= 0.6 is 15.9 Å². The molecule has 0 aliphatic heterocycles. The summed E-state index contributed by atoms with van der Waals surface area (Å²) in [6.07, 6.45) is 1.37. The summed E-state index contributed by atoms with van der Waals surface area (Å²) in [4.78, 5) is 3.87. The number of hydrogen-bond acceptors (Lipinski definition) is 3. The molecular formula is C6H7BrN2O. The Labute approximate surface area is 67.0 Å². The summed E-state index contributed by atoms with van der Waals surface area (Å²) in [6.45, 7) is 0. The Hall–Kier alpha value is -0.770. The molecule has 3 N–H and O–H groups in total. The molecular weight excluding hydrogens is 196 g/mol. The number of alkyl halides is 1. The number of nitrogens with zero attached hydrogens (tertiary/aromatic N) is 1. The highest BCUT2D eigenvalue weighted by atomic mass is 79.9. The number of pyridine rings is 1. The van der Waals surface area contributed by atoms with Crippen LogP contribution in [0.5, 0.6) is 5.75 Å². The molecule has 0 saturated heterocycles. The molecule has 0 saturated carbocycles. The largest absolute Gasteiger partial charge is 0.506 e. The maximum atomic E-state index is 8.88. The highest BCUT2D eigenvalue weighted by Crippen LogP contribution is 2.16. The van der Waals surface area contributed by atoms with E-state index in [0.29, 0.717) is 11.0 Å². The number of nitrogen functional groups attached to an aromatic ring is 1. The first-order chi connectivity index (χ1) is 4.74. The zero-order valence-electron chi connectivity index (χ0n) is 5.21. The lowest BCUT2D eigenvalue weighted by Gasteiger charge is -1.99. The van der Waals surface area contributed by atoms with Gasteiger partial charge in [0.1, 0.15) is 5.75 Å². The molecule has 0 fully saturated rings. The molecule has 0 bridgehead atoms. The lowest BCUT2D eigenvalue weighted by molar-refractivity contribution is 0.472. The smallest absolute Gasteiger partial charge is 0.135 e. The molecule has 1 aromatic heterocycles. The van der Waals surface area contributed by atoms with E-state index in [9.17, 15) is 0 Å². The van der Waals surface area contributed by atoms with Gasteiger partial charge in [0.2, 0.25) is 0 Å². The van der Waals surface area contributed by atoms with E-state index in [2.05, 4.69) is 20.9 Å². The Morgan fingerprint density at radius 3 is 2.90 bits per heavy atom. The van der Waals surface area contributed by atoms with E-state index in [1.54, 1.807) is 0 Å². The minimum absolute atomic E-state index is 0.0993. The van der Waals surface area contributed by atoms with Crippen LogP contribution in [-0.4, -0.2) is 10.1 Å². The van der Waals surface area contributed by atoms with E-state index in [1.807, 2.05) is 0 Å². The van der Waals surface area contributed by atoms with Gasteiger partial charge >= 0.3 is 0 Å². The third-order valence-electron chi connectivity index (χ3n) is 1.12. The number of halogens is 1. The van der Waals surface area contributed by atoms with Gasteiger partial charge in [-0.2, -0.15) is 0 Å². The molecule has 0 amide bonds. The van der Waals surface area contributed by atoms with Crippen molar-refractivity contribution in [1.82, 2.24) is 4.98 Å². The fourth-order valence-electron chi connectivity index (χ4n) is 0.610. The third kappa shape index (κ3) is 1.39. The van der Waals surface area contributed by atoms with Crippen molar-refractivity contribution in [2.45, 2.75) is 5.33 Å². The Kier molecular flexibility index (Phi) is 2.11. The van der Waals surface area contributed by atoms with Crippen molar-refractivity contribution >= 4 is 21.6 Å². The van der Waals surface area contributed by atoms with Crippen LogP contribution in [-0.2, 0) is 5.33 Å². The van der Waals surface area contributed by atoms with E-state index >= 15 is 0 Å². The zero-order valence-corrected chi connectivity index (χ0v) is 6.80. The molecule has 0 aliphatic rings. The van der Waals surface area contributed by atoms with Crippen LogP contribution in [0, 0.1) is 0 Å². The second-order valence-corrected chi connectivity index (χ2v) is 2.42. The van der Waals surface area contributed by atoms with E-state index in [1.165, 1.54) is 12.3 Å². The first kappa shape index (κ1) is 7.34. The van der Waals surface area contributed by atoms with Crippen molar-refractivity contribution < 1.29 is 5.11 Å². The molecule has 4 heteroatoms. The van der Waals surface area contributed by atoms with Crippen LogP contribution in [0.2, 0.25) is 0 Å². The van der Waals surface area contributed by atoms with Gasteiger partial charge in [-0.15, -0.1) is 0 Å². The van der Waals surface area contributed by atoms with Gasteiger partial charge in [-0.25, -0.2) is 0 Å². The minimum Gasteiger partial charge on any atom is -0.506 e. The standard InChI is InChI=1S/C6H7BrN2O/c7-2-6-5(8)1-4(10)3-9-6/h1,3,10H,2,8H2.